The van der Waals surface area contributed by atoms with E-state index in [0.717, 1.165) is 25.5 Å². The minimum atomic E-state index is -3.04. The van der Waals surface area contributed by atoms with E-state index in [9.17, 15) is 8.42 Å². The maximum atomic E-state index is 11.8. The highest BCUT2D eigenvalue weighted by molar-refractivity contribution is 7.92. The number of sulfone groups is 1. The average molecular weight is 247 g/mol. The van der Waals surface area contributed by atoms with E-state index in [1.165, 1.54) is 0 Å². The van der Waals surface area contributed by atoms with Crippen molar-refractivity contribution in [2.45, 2.75) is 31.9 Å². The lowest BCUT2D eigenvalue weighted by Crippen LogP contribution is -2.43. The fourth-order valence-electron chi connectivity index (χ4n) is 1.26. The predicted octanol–water partition coefficient (Wildman–Crippen LogP) is 0.139. The van der Waals surface area contributed by atoms with E-state index in [-0.39, 0.29) is 5.75 Å². The highest BCUT2D eigenvalue weighted by atomic mass is 32.2. The summed E-state index contributed by atoms with van der Waals surface area (Å²) in [4.78, 5) is 4.21. The summed E-state index contributed by atoms with van der Waals surface area (Å²) in [5.74, 6) is 0.854. The van der Waals surface area contributed by atoms with Gasteiger partial charge in [-0.3, -0.25) is 4.99 Å². The molecule has 0 fully saturated rings. The molecular weight excluding hydrogens is 226 g/mol. The van der Waals surface area contributed by atoms with Crippen molar-refractivity contribution in [1.82, 2.24) is 10.6 Å². The van der Waals surface area contributed by atoms with Crippen LogP contribution >= 0.6 is 0 Å². The van der Waals surface area contributed by atoms with Crippen LogP contribution in [0.2, 0.25) is 0 Å². The third kappa shape index (κ3) is 3.66. The Morgan fingerprint density at radius 2 is 2.12 bits per heavy atom. The predicted molar refractivity (Wildman–Crippen MR) is 66.5 cm³/mol. The molecule has 0 aromatic carbocycles. The Morgan fingerprint density at radius 1 is 1.44 bits per heavy atom. The van der Waals surface area contributed by atoms with Gasteiger partial charge in [-0.2, -0.15) is 0 Å². The highest BCUT2D eigenvalue weighted by Gasteiger charge is 2.28. The fraction of sp³-hybridized carbons (Fsp3) is 0.900. The average Bonchev–Trinajstić information content (AvgIpc) is 2.17. The Labute approximate surface area is 97.6 Å². The molecule has 0 aliphatic carbocycles. The van der Waals surface area contributed by atoms with Crippen molar-refractivity contribution in [3.05, 3.63) is 0 Å². The molecule has 0 bridgehead atoms. The number of aliphatic imine (C=N–C) groups is 1. The van der Waals surface area contributed by atoms with Crippen molar-refractivity contribution in [2.24, 2.45) is 4.99 Å². The summed E-state index contributed by atoms with van der Waals surface area (Å²) in [7, 11) is -3.04. The molecule has 94 valence electrons. The molecule has 0 aromatic heterocycles. The van der Waals surface area contributed by atoms with Crippen LogP contribution in [0.5, 0.6) is 0 Å². The monoisotopic (exact) mass is 247 g/mol. The van der Waals surface area contributed by atoms with Crippen molar-refractivity contribution in [3.8, 4) is 0 Å². The normalized spacial score (nSPS) is 17.6. The van der Waals surface area contributed by atoms with Crippen LogP contribution in [-0.2, 0) is 9.84 Å². The zero-order valence-electron chi connectivity index (χ0n) is 10.2. The summed E-state index contributed by atoms with van der Waals surface area (Å²) in [6, 6.07) is 0. The Bertz CT molecular complexity index is 355. The topological polar surface area (TPSA) is 70.6 Å². The first-order valence-corrected chi connectivity index (χ1v) is 7.23. The molecule has 1 aliphatic rings. The SMILES string of the molecule is CC(C)(C)S(=O)(=O)CCNC1=NCCCN1. The number of nitrogens with one attached hydrogen (secondary N) is 2. The number of hydrogen-bond donors (Lipinski definition) is 2. The number of rotatable bonds is 3. The molecule has 0 saturated carbocycles. The molecule has 0 radical (unpaired) electrons. The van der Waals surface area contributed by atoms with Crippen LogP contribution in [0.4, 0.5) is 0 Å². The van der Waals surface area contributed by atoms with E-state index in [1.54, 1.807) is 20.8 Å². The Hall–Kier alpha value is -0.780. The van der Waals surface area contributed by atoms with Gasteiger partial charge in [-0.25, -0.2) is 8.42 Å². The zero-order chi connectivity index (χ0) is 12.2. The molecule has 16 heavy (non-hydrogen) atoms. The van der Waals surface area contributed by atoms with Crippen LogP contribution in [0, 0.1) is 0 Å². The summed E-state index contributed by atoms with van der Waals surface area (Å²) < 4.78 is 22.9. The van der Waals surface area contributed by atoms with E-state index in [4.69, 9.17) is 0 Å². The van der Waals surface area contributed by atoms with Gasteiger partial charge in [0, 0.05) is 19.6 Å². The van der Waals surface area contributed by atoms with Gasteiger partial charge in [-0.1, -0.05) is 0 Å². The molecule has 2 N–H and O–H groups in total. The maximum absolute atomic E-state index is 11.8. The van der Waals surface area contributed by atoms with Crippen LogP contribution in [0.25, 0.3) is 0 Å². The highest BCUT2D eigenvalue weighted by Crippen LogP contribution is 2.15. The fourth-order valence-corrected chi connectivity index (χ4v) is 2.24. The van der Waals surface area contributed by atoms with Gasteiger partial charge in [0.25, 0.3) is 0 Å². The lowest BCUT2D eigenvalue weighted by molar-refractivity contribution is 0.558. The van der Waals surface area contributed by atoms with Crippen molar-refractivity contribution in [2.75, 3.05) is 25.4 Å². The molecule has 0 atom stereocenters. The third-order valence-electron chi connectivity index (χ3n) is 2.49. The molecule has 0 spiro atoms. The van der Waals surface area contributed by atoms with E-state index < -0.39 is 14.6 Å². The molecule has 0 saturated heterocycles. The molecule has 5 nitrogen and oxygen atoms in total. The first kappa shape index (κ1) is 13.3. The molecular formula is C10H21N3O2S. The number of guanidine groups is 1. The second-order valence-corrected chi connectivity index (χ2v) is 7.73. The number of nitrogens with zero attached hydrogens (tertiary/aromatic N) is 1. The first-order valence-electron chi connectivity index (χ1n) is 5.57. The van der Waals surface area contributed by atoms with E-state index in [0.29, 0.717) is 6.54 Å². The van der Waals surface area contributed by atoms with E-state index in [2.05, 4.69) is 15.6 Å². The van der Waals surface area contributed by atoms with Crippen LogP contribution < -0.4 is 10.6 Å². The smallest absolute Gasteiger partial charge is 0.191 e. The van der Waals surface area contributed by atoms with Crippen molar-refractivity contribution >= 4 is 15.8 Å². The van der Waals surface area contributed by atoms with Gasteiger partial charge < -0.3 is 10.6 Å². The van der Waals surface area contributed by atoms with Gasteiger partial charge in [0.05, 0.1) is 10.5 Å². The zero-order valence-corrected chi connectivity index (χ0v) is 11.0. The third-order valence-corrected chi connectivity index (χ3v) is 5.10. The standard InChI is InChI=1S/C10H21N3O2S/c1-10(2,3)16(14,15)8-7-13-9-11-5-4-6-12-9/h4-8H2,1-3H3,(H2,11,12,13). The Balaban J connectivity index is 2.38. The second kappa shape index (κ2) is 5.03. The van der Waals surface area contributed by atoms with Crippen LogP contribution in [0.15, 0.2) is 4.99 Å². The van der Waals surface area contributed by atoms with Crippen LogP contribution in [0.3, 0.4) is 0 Å². The number of hydrogen-bond acceptors (Lipinski definition) is 5. The summed E-state index contributed by atoms with van der Waals surface area (Å²) >= 11 is 0. The maximum Gasteiger partial charge on any atom is 0.191 e. The van der Waals surface area contributed by atoms with Crippen LogP contribution in [0.1, 0.15) is 27.2 Å². The van der Waals surface area contributed by atoms with Gasteiger partial charge in [-0.05, 0) is 27.2 Å². The van der Waals surface area contributed by atoms with Gasteiger partial charge in [-0.15, -0.1) is 0 Å². The molecule has 0 aromatic rings. The van der Waals surface area contributed by atoms with Crippen LogP contribution in [-0.4, -0.2) is 44.5 Å². The second-order valence-electron chi connectivity index (χ2n) is 4.87. The summed E-state index contributed by atoms with van der Waals surface area (Å²) in [6.07, 6.45) is 1.03. The van der Waals surface area contributed by atoms with E-state index in [1.807, 2.05) is 0 Å². The van der Waals surface area contributed by atoms with Gasteiger partial charge in [0.1, 0.15) is 0 Å². The molecule has 1 heterocycles. The van der Waals surface area contributed by atoms with Gasteiger partial charge >= 0.3 is 0 Å². The lowest BCUT2D eigenvalue weighted by Gasteiger charge is -2.20. The molecule has 6 heteroatoms. The molecule has 1 rings (SSSR count). The summed E-state index contributed by atoms with van der Waals surface area (Å²) in [6.45, 7) is 7.28. The minimum absolute atomic E-state index is 0.136. The molecule has 1 aliphatic heterocycles. The summed E-state index contributed by atoms with van der Waals surface area (Å²) in [5, 5.41) is 6.10. The summed E-state index contributed by atoms with van der Waals surface area (Å²) in [5.41, 5.74) is 0. The van der Waals surface area contributed by atoms with E-state index >= 15 is 0 Å². The molecule has 0 amide bonds. The quantitative estimate of drug-likeness (QED) is 0.744. The first-order chi connectivity index (χ1) is 7.33. The largest absolute Gasteiger partial charge is 0.356 e. The van der Waals surface area contributed by atoms with Gasteiger partial charge in [0.2, 0.25) is 0 Å². The van der Waals surface area contributed by atoms with Gasteiger partial charge in [0.15, 0.2) is 15.8 Å². The molecule has 0 unspecified atom stereocenters. The van der Waals surface area contributed by atoms with Crippen molar-refractivity contribution in [1.29, 1.82) is 0 Å². The lowest BCUT2D eigenvalue weighted by atomic mass is 10.3. The Morgan fingerprint density at radius 3 is 2.62 bits per heavy atom. The minimum Gasteiger partial charge on any atom is -0.356 e. The van der Waals surface area contributed by atoms with Crippen molar-refractivity contribution < 1.29 is 8.42 Å². The van der Waals surface area contributed by atoms with Crippen molar-refractivity contribution in [3.63, 3.8) is 0 Å². The Kier molecular flexibility index (Phi) is 4.18.